The van der Waals surface area contributed by atoms with Crippen LogP contribution in [0.2, 0.25) is 0 Å². The number of aryl methyl sites for hydroxylation is 1. The molecule has 62 heavy (non-hydrogen) atoms. The minimum absolute atomic E-state index is 0.155. The molecule has 2 saturated heterocycles. The van der Waals surface area contributed by atoms with E-state index in [0.29, 0.717) is 59.9 Å². The molecule has 5 aromatic rings. The predicted octanol–water partition coefficient (Wildman–Crippen LogP) is 4.62. The van der Waals surface area contributed by atoms with Crippen molar-refractivity contribution in [2.45, 2.75) is 83.0 Å². The molecule has 3 aromatic heterocycles. The number of aliphatic hydroxyl groups is 1. The molecule has 3 aliphatic heterocycles. The number of allylic oxidation sites excluding steroid dienone is 1. The Balaban J connectivity index is 0.741. The Morgan fingerprint density at radius 2 is 1.74 bits per heavy atom. The highest BCUT2D eigenvalue weighted by molar-refractivity contribution is 6.05. The maximum atomic E-state index is 13.5. The second kappa shape index (κ2) is 17.2. The molecule has 2 fully saturated rings. The fourth-order valence-corrected chi connectivity index (χ4v) is 9.28. The van der Waals surface area contributed by atoms with Crippen molar-refractivity contribution in [1.82, 2.24) is 39.4 Å². The number of rotatable bonds is 15. The van der Waals surface area contributed by atoms with Crippen LogP contribution in [0.5, 0.6) is 0 Å². The fraction of sp³-hybridized carbons (Fsp3) is 0.413. The summed E-state index contributed by atoms with van der Waals surface area (Å²) in [5.74, 6) is 0.0249. The van der Waals surface area contributed by atoms with Crippen LogP contribution in [0.1, 0.15) is 79.0 Å². The van der Waals surface area contributed by atoms with E-state index in [2.05, 4.69) is 49.4 Å². The van der Waals surface area contributed by atoms with Crippen molar-refractivity contribution >= 4 is 51.8 Å². The maximum Gasteiger partial charge on any atom is 0.278 e. The van der Waals surface area contributed by atoms with Gasteiger partial charge in [0, 0.05) is 74.5 Å². The lowest BCUT2D eigenvalue weighted by Gasteiger charge is -2.36. The standard InChI is InChI=1S/C46H53N11O5/c1-3-21-56-44(61)36-28-48-45(52-41(36)57(56)38-16-8-30-18-19-46(62,4-2)40(30)50-38)49-32-9-12-34(13-10-32)54-25-23-53(24-26-54)22-7-5-6-20-47-33-11-14-35-31(27-33)29-55(43(35)60)37-15-17-39(58)51-42(37)59/h3,8-14,16,27-28,37,47,62H,1,4-7,15,17-26,29H2,2H3,(H,48,49,52)(H,51,58,59)/t37?,46-/m1/s1. The Morgan fingerprint density at radius 1 is 0.935 bits per heavy atom. The van der Waals surface area contributed by atoms with Crippen LogP contribution in [0.15, 0.2) is 78.2 Å². The Kier molecular flexibility index (Phi) is 11.4. The quantitative estimate of drug-likeness (QED) is 0.0654. The van der Waals surface area contributed by atoms with E-state index < -0.39 is 17.6 Å². The normalized spacial score (nSPS) is 20.1. The van der Waals surface area contributed by atoms with E-state index >= 15 is 0 Å². The van der Waals surface area contributed by atoms with Crippen molar-refractivity contribution < 1.29 is 19.5 Å². The van der Waals surface area contributed by atoms with E-state index in [1.165, 1.54) is 0 Å². The number of nitrogens with zero attached hydrogens (tertiary/aromatic N) is 8. The summed E-state index contributed by atoms with van der Waals surface area (Å²) in [6.07, 6.45) is 9.02. The first-order valence-corrected chi connectivity index (χ1v) is 21.8. The van der Waals surface area contributed by atoms with Gasteiger partial charge in [-0.05, 0) is 105 Å². The molecule has 16 heteroatoms. The second-order valence-corrected chi connectivity index (χ2v) is 16.7. The third-order valence-electron chi connectivity index (χ3n) is 12.9. The van der Waals surface area contributed by atoms with E-state index in [9.17, 15) is 24.3 Å². The Hall–Kier alpha value is -6.39. The second-order valence-electron chi connectivity index (χ2n) is 16.7. The number of imide groups is 1. The SMILES string of the molecule is C=CCn1c(=O)c2cnc(Nc3ccc(N4CCN(CCCCCNc5ccc6c(c5)CN(C5CCC(=O)NC5=O)C6=O)CC4)cc3)nc2n1-c1ccc2c(n1)[C@@](O)(CC)CC2. The van der Waals surface area contributed by atoms with Gasteiger partial charge in [-0.15, -0.1) is 6.58 Å². The van der Waals surface area contributed by atoms with Crippen molar-refractivity contribution in [2.75, 3.05) is 54.8 Å². The number of anilines is 4. The highest BCUT2D eigenvalue weighted by Crippen LogP contribution is 2.38. The number of carbonyl (C=O) groups is 3. The summed E-state index contributed by atoms with van der Waals surface area (Å²) in [6.45, 7) is 12.2. The number of carbonyl (C=O) groups excluding carboxylic acids is 3. The third kappa shape index (κ3) is 7.95. The minimum atomic E-state index is -0.994. The predicted molar refractivity (Wildman–Crippen MR) is 237 cm³/mol. The van der Waals surface area contributed by atoms with Gasteiger partial charge < -0.3 is 25.5 Å². The van der Waals surface area contributed by atoms with Gasteiger partial charge in [0.15, 0.2) is 11.5 Å². The molecule has 322 valence electrons. The summed E-state index contributed by atoms with van der Waals surface area (Å²) in [5, 5.41) is 20.8. The van der Waals surface area contributed by atoms with Crippen LogP contribution < -0.4 is 26.4 Å². The molecule has 2 aromatic carbocycles. The molecule has 4 aliphatic rings. The zero-order chi connectivity index (χ0) is 43.0. The van der Waals surface area contributed by atoms with Gasteiger partial charge in [-0.3, -0.25) is 29.4 Å². The number of benzene rings is 2. The fourth-order valence-electron chi connectivity index (χ4n) is 9.28. The lowest BCUT2D eigenvalue weighted by Crippen LogP contribution is -2.52. The number of hydrogen-bond donors (Lipinski definition) is 4. The first-order chi connectivity index (χ1) is 30.1. The highest BCUT2D eigenvalue weighted by Gasteiger charge is 2.39. The van der Waals surface area contributed by atoms with Gasteiger partial charge >= 0.3 is 0 Å². The molecule has 0 saturated carbocycles. The van der Waals surface area contributed by atoms with E-state index in [-0.39, 0.29) is 30.3 Å². The van der Waals surface area contributed by atoms with E-state index in [1.807, 2.05) is 49.4 Å². The summed E-state index contributed by atoms with van der Waals surface area (Å²) in [5.41, 5.74) is 5.34. The number of aromatic nitrogens is 5. The highest BCUT2D eigenvalue weighted by atomic mass is 16.3. The Labute approximate surface area is 359 Å². The molecule has 16 nitrogen and oxygen atoms in total. The Bertz CT molecular complexity index is 2600. The largest absolute Gasteiger partial charge is 0.385 e. The van der Waals surface area contributed by atoms with Gasteiger partial charge in [0.05, 0.1) is 12.2 Å². The van der Waals surface area contributed by atoms with Crippen molar-refractivity contribution in [1.29, 1.82) is 0 Å². The summed E-state index contributed by atoms with van der Waals surface area (Å²) < 4.78 is 3.25. The van der Waals surface area contributed by atoms with Gasteiger partial charge in [0.25, 0.3) is 11.5 Å². The van der Waals surface area contributed by atoms with E-state index in [1.54, 1.807) is 26.5 Å². The van der Waals surface area contributed by atoms with Crippen LogP contribution in [0.3, 0.4) is 0 Å². The number of fused-ring (bicyclic) bond motifs is 3. The molecule has 6 heterocycles. The molecule has 1 unspecified atom stereocenters. The number of unbranched alkanes of at least 4 members (excludes halogenated alkanes) is 2. The molecule has 3 amide bonds. The average molecular weight is 840 g/mol. The van der Waals surface area contributed by atoms with Crippen molar-refractivity contribution in [2.24, 2.45) is 0 Å². The molecular formula is C46H53N11O5. The summed E-state index contributed by atoms with van der Waals surface area (Å²) in [4.78, 5) is 71.2. The molecule has 0 radical (unpaired) electrons. The molecule has 0 spiro atoms. The molecular weight excluding hydrogens is 787 g/mol. The lowest BCUT2D eigenvalue weighted by molar-refractivity contribution is -0.136. The van der Waals surface area contributed by atoms with Gasteiger partial charge in [-0.25, -0.2) is 19.3 Å². The molecule has 1 aliphatic carbocycles. The van der Waals surface area contributed by atoms with Crippen LogP contribution in [-0.4, -0.2) is 102 Å². The summed E-state index contributed by atoms with van der Waals surface area (Å²) in [7, 11) is 0. The van der Waals surface area contributed by atoms with Crippen LogP contribution in [0, 0.1) is 0 Å². The maximum absolute atomic E-state index is 13.5. The van der Waals surface area contributed by atoms with Crippen LogP contribution in [0.4, 0.5) is 23.0 Å². The molecule has 0 bridgehead atoms. The summed E-state index contributed by atoms with van der Waals surface area (Å²) >= 11 is 0. The Morgan fingerprint density at radius 3 is 2.52 bits per heavy atom. The van der Waals surface area contributed by atoms with Crippen molar-refractivity contribution in [3.05, 3.63) is 106 Å². The number of pyridine rings is 1. The molecule has 4 N–H and O–H groups in total. The van der Waals surface area contributed by atoms with Crippen LogP contribution >= 0.6 is 0 Å². The number of amides is 3. The molecule has 2 atom stereocenters. The third-order valence-corrected chi connectivity index (χ3v) is 12.9. The smallest absolute Gasteiger partial charge is 0.278 e. The topological polar surface area (TPSA) is 183 Å². The van der Waals surface area contributed by atoms with Crippen molar-refractivity contribution in [3.63, 3.8) is 0 Å². The number of piperidine rings is 1. The van der Waals surface area contributed by atoms with Gasteiger partial charge in [0.2, 0.25) is 17.8 Å². The first kappa shape index (κ1) is 41.0. The lowest BCUT2D eigenvalue weighted by atomic mass is 9.98. The van der Waals surface area contributed by atoms with Crippen LogP contribution in [-0.2, 0) is 34.7 Å². The number of nitrogens with one attached hydrogen (secondary N) is 3. The zero-order valence-electron chi connectivity index (χ0n) is 35.1. The van der Waals surface area contributed by atoms with Crippen molar-refractivity contribution in [3.8, 4) is 5.82 Å². The average Bonchev–Trinajstić information content (AvgIpc) is 3.89. The first-order valence-electron chi connectivity index (χ1n) is 21.8. The number of hydrogen-bond acceptors (Lipinski definition) is 12. The van der Waals surface area contributed by atoms with Gasteiger partial charge in [0.1, 0.15) is 17.0 Å². The minimum Gasteiger partial charge on any atom is -0.385 e. The van der Waals surface area contributed by atoms with E-state index in [4.69, 9.17) is 9.97 Å². The summed E-state index contributed by atoms with van der Waals surface area (Å²) in [6, 6.07) is 17.3. The monoisotopic (exact) mass is 839 g/mol. The number of piperazine rings is 1. The van der Waals surface area contributed by atoms with Gasteiger partial charge in [-0.1, -0.05) is 25.5 Å². The van der Waals surface area contributed by atoms with E-state index in [0.717, 1.165) is 93.1 Å². The van der Waals surface area contributed by atoms with Gasteiger partial charge in [-0.2, -0.15) is 4.98 Å². The molecule has 9 rings (SSSR count). The zero-order valence-corrected chi connectivity index (χ0v) is 35.1. The van der Waals surface area contributed by atoms with Crippen LogP contribution in [0.25, 0.3) is 16.9 Å².